The third kappa shape index (κ3) is 6.21. The monoisotopic (exact) mass is 560 g/mol. The predicted molar refractivity (Wildman–Crippen MR) is 146 cm³/mol. The summed E-state index contributed by atoms with van der Waals surface area (Å²) in [5, 5.41) is 19.6. The first-order valence-electron chi connectivity index (χ1n) is 12.7. The van der Waals surface area contributed by atoms with Crippen molar-refractivity contribution in [2.45, 2.75) is 6.54 Å². The van der Waals surface area contributed by atoms with Crippen LogP contribution in [-0.4, -0.2) is 93.5 Å². The summed E-state index contributed by atoms with van der Waals surface area (Å²) in [5.74, 6) is -0.572. The number of nitrogens with one attached hydrogen (secondary N) is 1. The zero-order valence-corrected chi connectivity index (χ0v) is 22.4. The minimum absolute atomic E-state index is 0.00936. The van der Waals surface area contributed by atoms with E-state index in [-0.39, 0.29) is 23.1 Å². The molecule has 1 saturated heterocycles. The molecule has 2 aromatic carbocycles. The molecule has 15 nitrogen and oxygen atoms in total. The number of aromatic nitrogens is 5. The lowest BCUT2D eigenvalue weighted by Gasteiger charge is -2.32. The number of nitrogens with two attached hydrogens (primary N) is 1. The number of methoxy groups -OCH3 is 1. The van der Waals surface area contributed by atoms with Gasteiger partial charge >= 0.3 is 5.97 Å². The summed E-state index contributed by atoms with van der Waals surface area (Å²) in [6, 6.07) is 13.6. The van der Waals surface area contributed by atoms with Gasteiger partial charge in [-0.3, -0.25) is 9.69 Å². The highest BCUT2D eigenvalue weighted by Crippen LogP contribution is 2.31. The van der Waals surface area contributed by atoms with Gasteiger partial charge in [0.05, 0.1) is 24.6 Å². The molecule has 212 valence electrons. The molecule has 0 radical (unpaired) electrons. The summed E-state index contributed by atoms with van der Waals surface area (Å²) >= 11 is 0. The van der Waals surface area contributed by atoms with Gasteiger partial charge in [0.25, 0.3) is 5.91 Å². The van der Waals surface area contributed by atoms with Gasteiger partial charge in [0.1, 0.15) is 0 Å². The van der Waals surface area contributed by atoms with Gasteiger partial charge in [-0.15, -0.1) is 5.10 Å². The Bertz CT molecular complexity index is 1540. The van der Waals surface area contributed by atoms with Crippen molar-refractivity contribution in [3.63, 3.8) is 0 Å². The zero-order valence-electron chi connectivity index (χ0n) is 22.4. The number of hydrogen-bond acceptors (Lipinski definition) is 13. The van der Waals surface area contributed by atoms with Gasteiger partial charge in [-0.05, 0) is 41.6 Å². The molecule has 0 atom stereocenters. The Morgan fingerprint density at radius 3 is 2.59 bits per heavy atom. The number of anilines is 1. The fourth-order valence-corrected chi connectivity index (χ4v) is 4.19. The maximum Gasteiger partial charge on any atom is 0.343 e. The highest BCUT2D eigenvalue weighted by molar-refractivity contribution is 5.96. The molecule has 41 heavy (non-hydrogen) atoms. The normalized spacial score (nSPS) is 14.3. The third-order valence-electron chi connectivity index (χ3n) is 6.45. The van der Waals surface area contributed by atoms with E-state index in [0.717, 1.165) is 26.2 Å². The van der Waals surface area contributed by atoms with E-state index in [9.17, 15) is 9.59 Å². The van der Waals surface area contributed by atoms with Crippen molar-refractivity contribution in [1.82, 2.24) is 40.5 Å². The Morgan fingerprint density at radius 2 is 1.88 bits per heavy atom. The van der Waals surface area contributed by atoms with Crippen molar-refractivity contribution >= 4 is 23.9 Å². The number of nitrogen functional groups attached to an aromatic ring is 1. The van der Waals surface area contributed by atoms with Gasteiger partial charge in [0.2, 0.25) is 11.6 Å². The Hall–Kier alpha value is -5.15. The first kappa shape index (κ1) is 27.4. The molecule has 1 aliphatic heterocycles. The van der Waals surface area contributed by atoms with E-state index in [0.29, 0.717) is 29.1 Å². The number of benzene rings is 2. The molecule has 0 bridgehead atoms. The molecule has 4 aromatic rings. The number of hydrazone groups is 1. The molecule has 2 aromatic heterocycles. The van der Waals surface area contributed by atoms with Gasteiger partial charge in [-0.25, -0.2) is 14.8 Å². The van der Waals surface area contributed by atoms with E-state index in [1.165, 1.54) is 18.0 Å². The smallest absolute Gasteiger partial charge is 0.343 e. The van der Waals surface area contributed by atoms with E-state index >= 15 is 0 Å². The Morgan fingerprint density at radius 1 is 1.10 bits per heavy atom. The lowest BCUT2D eigenvalue weighted by molar-refractivity contribution is 0.0729. The molecule has 1 aliphatic rings. The summed E-state index contributed by atoms with van der Waals surface area (Å²) in [5.41, 5.74) is 9.61. The Balaban J connectivity index is 1.37. The number of nitrogens with zero attached hydrogens (tertiary/aromatic N) is 8. The van der Waals surface area contributed by atoms with Crippen molar-refractivity contribution < 1.29 is 23.7 Å². The molecule has 3 heterocycles. The molecule has 1 fully saturated rings. The number of carbonyl (C=O) groups excluding carboxylic acids is 2. The van der Waals surface area contributed by atoms with Crippen LogP contribution in [-0.2, 0) is 6.54 Å². The van der Waals surface area contributed by atoms with E-state index in [1.54, 1.807) is 48.5 Å². The van der Waals surface area contributed by atoms with Crippen LogP contribution in [0.1, 0.15) is 32.1 Å². The summed E-state index contributed by atoms with van der Waals surface area (Å²) in [4.78, 5) is 30.3. The minimum atomic E-state index is -0.614. The molecule has 15 heteroatoms. The highest BCUT2D eigenvalue weighted by atomic mass is 16.6. The number of likely N-dealkylation sites (N-methyl/N-ethyl adjacent to an activating group) is 1. The summed E-state index contributed by atoms with van der Waals surface area (Å²) in [6.07, 6.45) is 1.35. The second-order valence-corrected chi connectivity index (χ2v) is 9.18. The van der Waals surface area contributed by atoms with Crippen LogP contribution in [0.25, 0.3) is 5.82 Å². The fourth-order valence-electron chi connectivity index (χ4n) is 4.19. The van der Waals surface area contributed by atoms with Gasteiger partial charge in [0, 0.05) is 38.3 Å². The second-order valence-electron chi connectivity index (χ2n) is 9.18. The summed E-state index contributed by atoms with van der Waals surface area (Å²) < 4.78 is 17.1. The zero-order chi connectivity index (χ0) is 28.8. The Kier molecular flexibility index (Phi) is 8.26. The molecule has 0 spiro atoms. The lowest BCUT2D eigenvalue weighted by atomic mass is 10.2. The highest BCUT2D eigenvalue weighted by Gasteiger charge is 2.26. The number of rotatable bonds is 9. The number of para-hydroxylation sites is 1. The second kappa shape index (κ2) is 12.4. The van der Waals surface area contributed by atoms with Crippen LogP contribution in [0.15, 0.2) is 58.3 Å². The number of hydrogen-bond donors (Lipinski definition) is 2. The van der Waals surface area contributed by atoms with Crippen molar-refractivity contribution in [2.24, 2.45) is 5.10 Å². The van der Waals surface area contributed by atoms with E-state index in [4.69, 9.17) is 19.8 Å². The quantitative estimate of drug-likeness (QED) is 0.128. The molecular weight excluding hydrogens is 532 g/mol. The number of esters is 1. The molecule has 3 N–H and O–H groups in total. The Labute approximate surface area is 234 Å². The van der Waals surface area contributed by atoms with Crippen LogP contribution < -0.4 is 20.6 Å². The molecule has 5 rings (SSSR count). The lowest BCUT2D eigenvalue weighted by Crippen LogP contribution is -2.44. The molecular formula is C26H28N10O5. The number of carbonyl (C=O) groups is 2. The fraction of sp³-hybridized carbons (Fsp3) is 0.269. The number of piperazine rings is 1. The largest absolute Gasteiger partial charge is 0.493 e. The summed E-state index contributed by atoms with van der Waals surface area (Å²) in [6.45, 7) is 3.67. The van der Waals surface area contributed by atoms with Crippen molar-refractivity contribution in [3.8, 4) is 17.3 Å². The van der Waals surface area contributed by atoms with Gasteiger partial charge in [-0.1, -0.05) is 29.5 Å². The molecule has 0 unspecified atom stereocenters. The molecule has 1 amide bonds. The van der Waals surface area contributed by atoms with Crippen LogP contribution in [0.2, 0.25) is 0 Å². The van der Waals surface area contributed by atoms with Crippen molar-refractivity contribution in [3.05, 3.63) is 71.0 Å². The first-order valence-corrected chi connectivity index (χ1v) is 12.7. The van der Waals surface area contributed by atoms with E-state index < -0.39 is 11.9 Å². The number of ether oxygens (including phenoxy) is 2. The van der Waals surface area contributed by atoms with Gasteiger partial charge in [-0.2, -0.15) is 9.78 Å². The SMILES string of the molecule is COc1cccc(/C=N\NC(=O)c2nnn(-c3nonc3N)c2CN2CCN(C)CC2)c1OC(=O)c1ccccc1. The van der Waals surface area contributed by atoms with Crippen LogP contribution in [0, 0.1) is 0 Å². The number of amides is 1. The summed E-state index contributed by atoms with van der Waals surface area (Å²) in [7, 11) is 3.51. The van der Waals surface area contributed by atoms with Gasteiger partial charge < -0.3 is 20.1 Å². The van der Waals surface area contributed by atoms with Crippen molar-refractivity contribution in [2.75, 3.05) is 46.1 Å². The average molecular weight is 561 g/mol. The first-order chi connectivity index (χ1) is 19.9. The van der Waals surface area contributed by atoms with E-state index in [2.05, 4.69) is 48.0 Å². The molecule has 0 saturated carbocycles. The maximum atomic E-state index is 13.2. The van der Waals surface area contributed by atoms with Crippen LogP contribution >= 0.6 is 0 Å². The average Bonchev–Trinajstić information content (AvgIpc) is 3.60. The van der Waals surface area contributed by atoms with E-state index in [1.807, 2.05) is 0 Å². The van der Waals surface area contributed by atoms with Crippen LogP contribution in [0.5, 0.6) is 11.5 Å². The standard InChI is InChI=1S/C26H28N10O5/c1-34-11-13-35(14-12-34)16-19-21(29-33-36(19)24-23(27)31-41-32-24)25(37)30-28-15-18-9-6-10-20(39-2)22(18)40-26(38)17-7-4-3-5-8-17/h3-10,15H,11-14,16H2,1-2H3,(H2,27,31)(H,30,37)/b28-15-. The van der Waals surface area contributed by atoms with Crippen LogP contribution in [0.3, 0.4) is 0 Å². The minimum Gasteiger partial charge on any atom is -0.493 e. The third-order valence-corrected chi connectivity index (χ3v) is 6.45. The predicted octanol–water partition coefficient (Wildman–Crippen LogP) is 0.972. The molecule has 0 aliphatic carbocycles. The maximum absolute atomic E-state index is 13.2. The topological polar surface area (TPSA) is 179 Å². The van der Waals surface area contributed by atoms with Crippen molar-refractivity contribution in [1.29, 1.82) is 0 Å². The van der Waals surface area contributed by atoms with Crippen LogP contribution in [0.4, 0.5) is 5.82 Å². The van der Waals surface area contributed by atoms with Gasteiger partial charge in [0.15, 0.2) is 17.2 Å².